The molecule has 1 rings (SSSR count). The predicted molar refractivity (Wildman–Crippen MR) is 54.9 cm³/mol. The van der Waals surface area contributed by atoms with E-state index in [2.05, 4.69) is 22.6 Å². The van der Waals surface area contributed by atoms with E-state index in [1.54, 1.807) is 11.3 Å². The number of aliphatic hydroxyl groups excluding tert-OH is 1. The minimum Gasteiger partial charge on any atom is -0.395 e. The van der Waals surface area contributed by atoms with E-state index in [0.29, 0.717) is 0 Å². The van der Waals surface area contributed by atoms with E-state index < -0.39 is 0 Å². The van der Waals surface area contributed by atoms with E-state index in [4.69, 9.17) is 5.11 Å². The molecule has 2 unspecified atom stereocenters. The third-order valence-electron chi connectivity index (χ3n) is 1.89. The van der Waals surface area contributed by atoms with Crippen molar-refractivity contribution in [3.8, 4) is 0 Å². The summed E-state index contributed by atoms with van der Waals surface area (Å²) >= 11 is 1.65. The lowest BCUT2D eigenvalue weighted by Crippen LogP contribution is -2.31. The Kier molecular flexibility index (Phi) is 3.84. The second kappa shape index (κ2) is 4.69. The molecule has 0 aliphatic heterocycles. The molecular formula is C9H16N2OS. The maximum atomic E-state index is 8.86. The van der Waals surface area contributed by atoms with Gasteiger partial charge in [-0.1, -0.05) is 0 Å². The van der Waals surface area contributed by atoms with Gasteiger partial charge < -0.3 is 10.4 Å². The number of thiazole rings is 1. The van der Waals surface area contributed by atoms with Crippen molar-refractivity contribution in [1.29, 1.82) is 0 Å². The van der Waals surface area contributed by atoms with Crippen LogP contribution in [-0.2, 0) is 0 Å². The van der Waals surface area contributed by atoms with Crippen LogP contribution in [0, 0.1) is 6.92 Å². The number of aryl methyl sites for hydroxylation is 1. The first-order chi connectivity index (χ1) is 6.13. The molecule has 0 aliphatic rings. The van der Waals surface area contributed by atoms with E-state index in [1.165, 1.54) is 0 Å². The standard InChI is InChI=1S/C9H16N2OS/c1-6(4-12)10-7(2)9-5-13-8(3)11-9/h5-7,10,12H,4H2,1-3H3. The molecule has 0 fully saturated rings. The van der Waals surface area contributed by atoms with Gasteiger partial charge in [-0.3, -0.25) is 0 Å². The Morgan fingerprint density at radius 2 is 2.31 bits per heavy atom. The van der Waals surface area contributed by atoms with Gasteiger partial charge in [-0.25, -0.2) is 4.98 Å². The largest absolute Gasteiger partial charge is 0.395 e. The van der Waals surface area contributed by atoms with Crippen molar-refractivity contribution in [2.24, 2.45) is 0 Å². The van der Waals surface area contributed by atoms with Crippen LogP contribution in [0.3, 0.4) is 0 Å². The number of hydrogen-bond donors (Lipinski definition) is 2. The van der Waals surface area contributed by atoms with Gasteiger partial charge in [0, 0.05) is 17.5 Å². The van der Waals surface area contributed by atoms with Gasteiger partial charge in [-0.2, -0.15) is 0 Å². The monoisotopic (exact) mass is 200 g/mol. The SMILES string of the molecule is Cc1nc(C(C)NC(C)CO)cs1. The summed E-state index contributed by atoms with van der Waals surface area (Å²) in [7, 11) is 0. The summed E-state index contributed by atoms with van der Waals surface area (Å²) in [4.78, 5) is 4.37. The Morgan fingerprint density at radius 1 is 1.62 bits per heavy atom. The van der Waals surface area contributed by atoms with Gasteiger partial charge >= 0.3 is 0 Å². The zero-order chi connectivity index (χ0) is 9.84. The molecule has 0 amide bonds. The Morgan fingerprint density at radius 3 is 2.77 bits per heavy atom. The Labute approximate surface area is 82.8 Å². The molecule has 0 aliphatic carbocycles. The average Bonchev–Trinajstić information content (AvgIpc) is 2.51. The van der Waals surface area contributed by atoms with Crippen LogP contribution >= 0.6 is 11.3 Å². The summed E-state index contributed by atoms with van der Waals surface area (Å²) < 4.78 is 0. The van der Waals surface area contributed by atoms with Crippen molar-refractivity contribution in [2.45, 2.75) is 32.9 Å². The van der Waals surface area contributed by atoms with Gasteiger partial charge in [-0.15, -0.1) is 11.3 Å². The molecule has 0 saturated carbocycles. The lowest BCUT2D eigenvalue weighted by Gasteiger charge is -2.16. The van der Waals surface area contributed by atoms with Crippen LogP contribution in [0.2, 0.25) is 0 Å². The summed E-state index contributed by atoms with van der Waals surface area (Å²) in [6, 6.07) is 0.337. The first-order valence-corrected chi connectivity index (χ1v) is 5.30. The lowest BCUT2D eigenvalue weighted by molar-refractivity contribution is 0.242. The number of rotatable bonds is 4. The zero-order valence-corrected chi connectivity index (χ0v) is 9.06. The lowest BCUT2D eigenvalue weighted by atomic mass is 10.2. The molecule has 0 spiro atoms. The fourth-order valence-corrected chi connectivity index (χ4v) is 1.85. The van der Waals surface area contributed by atoms with E-state index >= 15 is 0 Å². The quantitative estimate of drug-likeness (QED) is 0.774. The number of aromatic nitrogens is 1. The minimum atomic E-state index is 0.122. The van der Waals surface area contributed by atoms with E-state index in [1.807, 2.05) is 13.8 Å². The van der Waals surface area contributed by atoms with Crippen LogP contribution in [0.1, 0.15) is 30.6 Å². The van der Waals surface area contributed by atoms with Crippen molar-refractivity contribution in [2.75, 3.05) is 6.61 Å². The van der Waals surface area contributed by atoms with Crippen molar-refractivity contribution in [3.05, 3.63) is 16.1 Å². The van der Waals surface area contributed by atoms with E-state index in [0.717, 1.165) is 10.7 Å². The smallest absolute Gasteiger partial charge is 0.0898 e. The molecule has 2 N–H and O–H groups in total. The second-order valence-corrected chi connectivity index (χ2v) is 4.33. The fourth-order valence-electron chi connectivity index (χ4n) is 1.14. The van der Waals surface area contributed by atoms with E-state index in [9.17, 15) is 0 Å². The summed E-state index contributed by atoms with van der Waals surface area (Å²) in [5.41, 5.74) is 1.06. The number of aliphatic hydroxyl groups is 1. The van der Waals surface area contributed by atoms with Crippen LogP contribution in [0.25, 0.3) is 0 Å². The normalized spacial score (nSPS) is 15.7. The van der Waals surface area contributed by atoms with Crippen LogP contribution in [-0.4, -0.2) is 22.7 Å². The zero-order valence-electron chi connectivity index (χ0n) is 8.24. The molecule has 0 radical (unpaired) electrons. The van der Waals surface area contributed by atoms with Crippen LogP contribution in [0.15, 0.2) is 5.38 Å². The summed E-state index contributed by atoms with van der Waals surface area (Å²) in [5.74, 6) is 0. The highest BCUT2D eigenvalue weighted by Crippen LogP contribution is 2.15. The molecule has 0 bridgehead atoms. The molecule has 1 heterocycles. The molecule has 0 aromatic carbocycles. The Bertz CT molecular complexity index is 262. The van der Waals surface area contributed by atoms with Gasteiger partial charge in [0.25, 0.3) is 0 Å². The maximum Gasteiger partial charge on any atom is 0.0898 e. The van der Waals surface area contributed by atoms with Gasteiger partial charge in [0.1, 0.15) is 0 Å². The van der Waals surface area contributed by atoms with Crippen LogP contribution in [0.4, 0.5) is 0 Å². The molecule has 1 aromatic heterocycles. The maximum absolute atomic E-state index is 8.86. The first-order valence-electron chi connectivity index (χ1n) is 4.42. The molecule has 2 atom stereocenters. The molecule has 3 nitrogen and oxygen atoms in total. The molecule has 1 aromatic rings. The first kappa shape index (κ1) is 10.6. The Balaban J connectivity index is 2.53. The van der Waals surface area contributed by atoms with Crippen LogP contribution < -0.4 is 5.32 Å². The summed E-state index contributed by atoms with van der Waals surface area (Å²) in [6.45, 7) is 6.17. The molecule has 13 heavy (non-hydrogen) atoms. The van der Waals surface area contributed by atoms with Gasteiger partial charge in [0.15, 0.2) is 0 Å². The van der Waals surface area contributed by atoms with Crippen molar-refractivity contribution < 1.29 is 5.11 Å². The van der Waals surface area contributed by atoms with Crippen molar-refractivity contribution in [1.82, 2.24) is 10.3 Å². The minimum absolute atomic E-state index is 0.122. The van der Waals surface area contributed by atoms with Gasteiger partial charge in [-0.05, 0) is 20.8 Å². The summed E-state index contributed by atoms with van der Waals surface area (Å²) in [5, 5.41) is 15.2. The molecule has 4 heteroatoms. The average molecular weight is 200 g/mol. The number of hydrogen-bond acceptors (Lipinski definition) is 4. The van der Waals surface area contributed by atoms with Gasteiger partial charge in [0.05, 0.1) is 17.3 Å². The van der Waals surface area contributed by atoms with Gasteiger partial charge in [0.2, 0.25) is 0 Å². The third kappa shape index (κ3) is 3.06. The topological polar surface area (TPSA) is 45.2 Å². The molecule has 0 saturated heterocycles. The predicted octanol–water partition coefficient (Wildman–Crippen LogP) is 1.48. The molecular weight excluding hydrogens is 184 g/mol. The highest BCUT2D eigenvalue weighted by atomic mass is 32.1. The highest BCUT2D eigenvalue weighted by molar-refractivity contribution is 7.09. The Hall–Kier alpha value is -0.450. The number of nitrogens with zero attached hydrogens (tertiary/aromatic N) is 1. The highest BCUT2D eigenvalue weighted by Gasteiger charge is 2.10. The van der Waals surface area contributed by atoms with Crippen LogP contribution in [0.5, 0.6) is 0 Å². The summed E-state index contributed by atoms with van der Waals surface area (Å²) in [6.07, 6.45) is 0. The van der Waals surface area contributed by atoms with Crippen molar-refractivity contribution in [3.63, 3.8) is 0 Å². The number of nitrogens with one attached hydrogen (secondary N) is 1. The third-order valence-corrected chi connectivity index (χ3v) is 2.68. The van der Waals surface area contributed by atoms with Crippen molar-refractivity contribution >= 4 is 11.3 Å². The molecule has 74 valence electrons. The van der Waals surface area contributed by atoms with E-state index in [-0.39, 0.29) is 18.7 Å². The fraction of sp³-hybridized carbons (Fsp3) is 0.667. The second-order valence-electron chi connectivity index (χ2n) is 3.26.